The Hall–Kier alpha value is -2.14. The molecule has 0 heterocycles. The third-order valence-electron chi connectivity index (χ3n) is 3.17. The monoisotopic (exact) mass is 382 g/mol. The summed E-state index contributed by atoms with van der Waals surface area (Å²) in [7, 11) is -4.21. The average Bonchev–Trinajstić information content (AvgIpc) is 2.45. The molecule has 0 fully saturated rings. The van der Waals surface area contributed by atoms with E-state index < -0.39 is 47.5 Å². The van der Waals surface area contributed by atoms with E-state index in [1.54, 1.807) is 0 Å². The second kappa shape index (κ2) is 8.30. The molecule has 7 nitrogen and oxygen atoms in total. The molecule has 1 aromatic carbocycles. The van der Waals surface area contributed by atoms with Crippen LogP contribution in [0.25, 0.3) is 0 Å². The van der Waals surface area contributed by atoms with Crippen LogP contribution in [0.2, 0.25) is 0 Å². The van der Waals surface area contributed by atoms with E-state index in [2.05, 4.69) is 5.32 Å². The number of amides is 1. The molecule has 0 aromatic heterocycles. The summed E-state index contributed by atoms with van der Waals surface area (Å²) in [5.41, 5.74) is 0.334. The Balaban J connectivity index is 2.81. The normalized spacial score (nSPS) is 13.3. The second-order valence-electron chi connectivity index (χ2n) is 5.23. The van der Waals surface area contributed by atoms with Crippen molar-refractivity contribution in [3.63, 3.8) is 0 Å². The first-order chi connectivity index (χ1) is 11.4. The van der Waals surface area contributed by atoms with Gasteiger partial charge in [0, 0.05) is 25.6 Å². The number of sulfonamides is 1. The van der Waals surface area contributed by atoms with Crippen LogP contribution < -0.4 is 10.0 Å². The second-order valence-corrected chi connectivity index (χ2v) is 7.00. The first kappa shape index (κ1) is 20.9. The summed E-state index contributed by atoms with van der Waals surface area (Å²) in [4.78, 5) is 21.0. The van der Waals surface area contributed by atoms with Crippen LogP contribution in [0.5, 0.6) is 0 Å². The van der Waals surface area contributed by atoms with Crippen LogP contribution in [0, 0.1) is 5.92 Å². The lowest BCUT2D eigenvalue weighted by Crippen LogP contribution is -2.36. The maximum Gasteiger partial charge on any atom is 0.393 e. The van der Waals surface area contributed by atoms with Gasteiger partial charge in [-0.15, -0.1) is 0 Å². The Morgan fingerprint density at radius 3 is 2.20 bits per heavy atom. The number of benzene rings is 1. The minimum atomic E-state index is -4.73. The van der Waals surface area contributed by atoms with Crippen molar-refractivity contribution in [1.29, 1.82) is 0 Å². The Bertz CT molecular complexity index is 717. The number of carbonyl (C=O) groups is 2. The molecule has 0 aliphatic carbocycles. The molecule has 1 amide bonds. The predicted molar refractivity (Wildman–Crippen MR) is 82.3 cm³/mol. The zero-order valence-corrected chi connectivity index (χ0v) is 13.9. The van der Waals surface area contributed by atoms with Gasteiger partial charge in [-0.25, -0.2) is 13.1 Å². The van der Waals surface area contributed by atoms with Gasteiger partial charge in [0.15, 0.2) is 0 Å². The topological polar surface area (TPSA) is 113 Å². The van der Waals surface area contributed by atoms with Crippen molar-refractivity contribution in [3.8, 4) is 0 Å². The number of carboxylic acids is 1. The van der Waals surface area contributed by atoms with E-state index in [4.69, 9.17) is 5.11 Å². The van der Waals surface area contributed by atoms with E-state index in [1.165, 1.54) is 19.1 Å². The Labute approximate surface area is 142 Å². The standard InChI is InChI=1S/C14H17F3N2O5S/c1-9(20)19-11-3-5-12(6-4-11)25(23,24)18-8-10(14(15,16)17)2-7-13(21)22/h3-6,10,18H,2,7-8H2,1H3,(H,19,20)(H,21,22)/t10-/m0/s1. The van der Waals surface area contributed by atoms with Gasteiger partial charge in [-0.3, -0.25) is 9.59 Å². The van der Waals surface area contributed by atoms with Gasteiger partial charge >= 0.3 is 12.1 Å². The highest BCUT2D eigenvalue weighted by Crippen LogP contribution is 2.29. The van der Waals surface area contributed by atoms with E-state index in [-0.39, 0.29) is 10.8 Å². The van der Waals surface area contributed by atoms with Crippen LogP contribution in [0.4, 0.5) is 18.9 Å². The molecular formula is C14H17F3N2O5S. The van der Waals surface area contributed by atoms with Crippen LogP contribution in [-0.2, 0) is 19.6 Å². The SMILES string of the molecule is CC(=O)Nc1ccc(S(=O)(=O)NC[C@H](CCC(=O)O)C(F)(F)F)cc1. The number of hydrogen-bond acceptors (Lipinski definition) is 4. The van der Waals surface area contributed by atoms with Crippen LogP contribution in [0.1, 0.15) is 19.8 Å². The van der Waals surface area contributed by atoms with Gasteiger partial charge in [-0.05, 0) is 30.7 Å². The van der Waals surface area contributed by atoms with E-state index in [9.17, 15) is 31.2 Å². The lowest BCUT2D eigenvalue weighted by atomic mass is 10.0. The molecule has 1 atom stereocenters. The smallest absolute Gasteiger partial charge is 0.393 e. The molecule has 0 spiro atoms. The predicted octanol–water partition coefficient (Wildman–Crippen LogP) is 1.97. The van der Waals surface area contributed by atoms with Crippen LogP contribution in [-0.4, -0.2) is 38.1 Å². The van der Waals surface area contributed by atoms with E-state index in [1.807, 2.05) is 4.72 Å². The molecule has 140 valence electrons. The minimum Gasteiger partial charge on any atom is -0.481 e. The van der Waals surface area contributed by atoms with Crippen molar-refractivity contribution < 1.29 is 36.3 Å². The van der Waals surface area contributed by atoms with Crippen molar-refractivity contribution in [2.45, 2.75) is 30.8 Å². The lowest BCUT2D eigenvalue weighted by Gasteiger charge is -2.20. The zero-order chi connectivity index (χ0) is 19.3. The summed E-state index contributed by atoms with van der Waals surface area (Å²) in [5, 5.41) is 10.9. The molecular weight excluding hydrogens is 365 g/mol. The number of nitrogens with one attached hydrogen (secondary N) is 2. The van der Waals surface area contributed by atoms with Crippen molar-refractivity contribution in [3.05, 3.63) is 24.3 Å². The average molecular weight is 382 g/mol. The maximum atomic E-state index is 12.9. The number of halogens is 3. The summed E-state index contributed by atoms with van der Waals surface area (Å²) in [6.07, 6.45) is -6.19. The Morgan fingerprint density at radius 1 is 1.20 bits per heavy atom. The first-order valence-electron chi connectivity index (χ1n) is 7.07. The highest BCUT2D eigenvalue weighted by Gasteiger charge is 2.40. The van der Waals surface area contributed by atoms with Gasteiger partial charge in [0.2, 0.25) is 15.9 Å². The van der Waals surface area contributed by atoms with Crippen molar-refractivity contribution in [1.82, 2.24) is 4.72 Å². The van der Waals surface area contributed by atoms with Gasteiger partial charge < -0.3 is 10.4 Å². The largest absolute Gasteiger partial charge is 0.481 e. The van der Waals surface area contributed by atoms with E-state index in [0.29, 0.717) is 5.69 Å². The number of carbonyl (C=O) groups excluding carboxylic acids is 1. The summed E-state index contributed by atoms with van der Waals surface area (Å²) in [6, 6.07) is 4.85. The molecule has 0 unspecified atom stereocenters. The molecule has 0 radical (unpaired) electrons. The highest BCUT2D eigenvalue weighted by atomic mass is 32.2. The maximum absolute atomic E-state index is 12.9. The third-order valence-corrected chi connectivity index (χ3v) is 4.61. The van der Waals surface area contributed by atoms with Gasteiger partial charge in [-0.2, -0.15) is 13.2 Å². The number of rotatable bonds is 8. The molecule has 1 aromatic rings. The molecule has 0 saturated carbocycles. The zero-order valence-electron chi connectivity index (χ0n) is 13.1. The molecule has 25 heavy (non-hydrogen) atoms. The molecule has 1 rings (SSSR count). The molecule has 11 heteroatoms. The molecule has 3 N–H and O–H groups in total. The van der Waals surface area contributed by atoms with Crippen molar-refractivity contribution in [2.75, 3.05) is 11.9 Å². The van der Waals surface area contributed by atoms with E-state index in [0.717, 1.165) is 12.1 Å². The lowest BCUT2D eigenvalue weighted by molar-refractivity contribution is -0.175. The summed E-state index contributed by atoms with van der Waals surface area (Å²) in [6.45, 7) is 0.299. The Morgan fingerprint density at radius 2 is 1.76 bits per heavy atom. The van der Waals surface area contributed by atoms with Gasteiger partial charge in [0.05, 0.1) is 10.8 Å². The quantitative estimate of drug-likeness (QED) is 0.636. The fourth-order valence-electron chi connectivity index (χ4n) is 1.89. The molecule has 0 aliphatic rings. The van der Waals surface area contributed by atoms with Crippen LogP contribution >= 0.6 is 0 Å². The number of aliphatic carboxylic acids is 1. The highest BCUT2D eigenvalue weighted by molar-refractivity contribution is 7.89. The van der Waals surface area contributed by atoms with E-state index >= 15 is 0 Å². The minimum absolute atomic E-state index is 0.277. The number of hydrogen-bond donors (Lipinski definition) is 3. The summed E-state index contributed by atoms with van der Waals surface area (Å²) < 4.78 is 64.5. The number of alkyl halides is 3. The van der Waals surface area contributed by atoms with Gasteiger partial charge in [0.25, 0.3) is 0 Å². The van der Waals surface area contributed by atoms with Gasteiger partial charge in [0.1, 0.15) is 0 Å². The summed E-state index contributed by atoms with van der Waals surface area (Å²) >= 11 is 0. The van der Waals surface area contributed by atoms with Crippen molar-refractivity contribution >= 4 is 27.6 Å². The molecule has 0 saturated heterocycles. The van der Waals surface area contributed by atoms with Gasteiger partial charge in [-0.1, -0.05) is 0 Å². The number of anilines is 1. The Kier molecular flexibility index (Phi) is 6.94. The fourth-order valence-corrected chi connectivity index (χ4v) is 2.98. The number of carboxylic acid groups (broad SMARTS) is 1. The van der Waals surface area contributed by atoms with Crippen LogP contribution in [0.15, 0.2) is 29.2 Å². The molecule has 0 aliphatic heterocycles. The third kappa shape index (κ3) is 7.10. The van der Waals surface area contributed by atoms with Crippen LogP contribution in [0.3, 0.4) is 0 Å². The van der Waals surface area contributed by atoms with Crippen molar-refractivity contribution in [2.24, 2.45) is 5.92 Å². The first-order valence-corrected chi connectivity index (χ1v) is 8.56. The molecule has 0 bridgehead atoms. The fraction of sp³-hybridized carbons (Fsp3) is 0.429. The summed E-state index contributed by atoms with van der Waals surface area (Å²) in [5.74, 6) is -3.87.